The average Bonchev–Trinajstić information content (AvgIpc) is 3.45. The number of thiophene rings is 1. The van der Waals surface area contributed by atoms with Crippen molar-refractivity contribution < 1.29 is 9.59 Å². The number of benzene rings is 2. The fourth-order valence-electron chi connectivity index (χ4n) is 3.26. The second kappa shape index (κ2) is 9.03. The quantitative estimate of drug-likeness (QED) is 0.576. The van der Waals surface area contributed by atoms with Gasteiger partial charge in [-0.05, 0) is 59.5 Å². The number of para-hydroxylation sites is 2. The molecule has 29 heavy (non-hydrogen) atoms. The van der Waals surface area contributed by atoms with Crippen molar-refractivity contribution in [3.8, 4) is 0 Å². The first-order valence-corrected chi connectivity index (χ1v) is 10.6. The number of hydrogen-bond acceptors (Lipinski definition) is 4. The Hall–Kier alpha value is -2.96. The Morgan fingerprint density at radius 1 is 0.966 bits per heavy atom. The molecule has 0 aliphatic heterocycles. The average molecular weight is 406 g/mol. The molecule has 2 amide bonds. The molecule has 0 atom stereocenters. The van der Waals surface area contributed by atoms with Crippen LogP contribution >= 0.6 is 11.3 Å². The van der Waals surface area contributed by atoms with E-state index in [1.54, 1.807) is 29.5 Å². The van der Waals surface area contributed by atoms with Crippen molar-refractivity contribution in [2.45, 2.75) is 25.4 Å². The van der Waals surface area contributed by atoms with Gasteiger partial charge in [0.25, 0.3) is 5.91 Å². The van der Waals surface area contributed by atoms with E-state index in [-0.39, 0.29) is 11.8 Å². The lowest BCUT2D eigenvalue weighted by molar-refractivity contribution is -0.117. The van der Waals surface area contributed by atoms with Crippen LogP contribution in [-0.4, -0.2) is 29.3 Å². The lowest BCUT2D eigenvalue weighted by atomic mass is 10.1. The molecule has 1 aliphatic rings. The molecule has 3 aromatic rings. The first-order chi connectivity index (χ1) is 14.2. The van der Waals surface area contributed by atoms with Gasteiger partial charge in [0, 0.05) is 18.3 Å². The molecule has 0 radical (unpaired) electrons. The maximum atomic E-state index is 12.7. The van der Waals surface area contributed by atoms with Crippen LogP contribution in [0.5, 0.6) is 0 Å². The Balaban J connectivity index is 1.42. The van der Waals surface area contributed by atoms with Crippen molar-refractivity contribution in [2.75, 3.05) is 17.2 Å². The van der Waals surface area contributed by atoms with Gasteiger partial charge in [-0.15, -0.1) is 0 Å². The van der Waals surface area contributed by atoms with Crippen LogP contribution in [0.1, 0.15) is 28.8 Å². The molecule has 148 valence electrons. The number of hydrogen-bond donors (Lipinski definition) is 2. The van der Waals surface area contributed by atoms with Gasteiger partial charge in [0.15, 0.2) is 0 Å². The van der Waals surface area contributed by atoms with Gasteiger partial charge >= 0.3 is 0 Å². The SMILES string of the molecule is O=C(CN(Cc1ccsc1)C1CC1)Nc1ccccc1C(=O)Nc1ccccc1. The highest BCUT2D eigenvalue weighted by Gasteiger charge is 2.30. The Kier molecular flexibility index (Phi) is 6.03. The van der Waals surface area contributed by atoms with E-state index < -0.39 is 0 Å². The summed E-state index contributed by atoms with van der Waals surface area (Å²) in [5.41, 5.74) is 2.92. The minimum atomic E-state index is -0.246. The molecule has 1 fully saturated rings. The Morgan fingerprint density at radius 3 is 2.45 bits per heavy atom. The third-order valence-electron chi connectivity index (χ3n) is 4.85. The summed E-state index contributed by atoms with van der Waals surface area (Å²) in [7, 11) is 0. The van der Waals surface area contributed by atoms with Crippen molar-refractivity contribution >= 4 is 34.5 Å². The standard InChI is InChI=1S/C23H23N3O2S/c27-22(15-26(19-10-11-19)14-17-12-13-29-16-17)25-21-9-5-4-8-20(21)23(28)24-18-6-2-1-3-7-18/h1-9,12-13,16,19H,10-11,14-15H2,(H,24,28)(H,25,27). The molecule has 0 unspecified atom stereocenters. The second-order valence-electron chi connectivity index (χ2n) is 7.18. The highest BCUT2D eigenvalue weighted by atomic mass is 32.1. The van der Waals surface area contributed by atoms with Gasteiger partial charge in [-0.25, -0.2) is 0 Å². The molecule has 0 spiro atoms. The number of carbonyl (C=O) groups excluding carboxylic acids is 2. The predicted molar refractivity (Wildman–Crippen MR) is 117 cm³/mol. The van der Waals surface area contributed by atoms with Crippen LogP contribution in [0.2, 0.25) is 0 Å². The number of nitrogens with one attached hydrogen (secondary N) is 2. The topological polar surface area (TPSA) is 61.4 Å². The van der Waals surface area contributed by atoms with E-state index in [9.17, 15) is 9.59 Å². The lowest BCUT2D eigenvalue weighted by Gasteiger charge is -2.21. The zero-order chi connectivity index (χ0) is 20.1. The van der Waals surface area contributed by atoms with Crippen LogP contribution in [0.25, 0.3) is 0 Å². The van der Waals surface area contributed by atoms with Crippen LogP contribution in [0.4, 0.5) is 11.4 Å². The molecule has 0 saturated heterocycles. The molecule has 1 aromatic heterocycles. The summed E-state index contributed by atoms with van der Waals surface area (Å²) in [6.07, 6.45) is 2.26. The third-order valence-corrected chi connectivity index (χ3v) is 5.59. The first-order valence-electron chi connectivity index (χ1n) is 9.69. The number of anilines is 2. The summed E-state index contributed by atoms with van der Waals surface area (Å²) in [5, 5.41) is 9.98. The molecular weight excluding hydrogens is 382 g/mol. The molecule has 2 N–H and O–H groups in total. The second-order valence-corrected chi connectivity index (χ2v) is 7.96. The summed E-state index contributed by atoms with van der Waals surface area (Å²) in [5.74, 6) is -0.350. The summed E-state index contributed by atoms with van der Waals surface area (Å²) in [6.45, 7) is 1.09. The van der Waals surface area contributed by atoms with E-state index >= 15 is 0 Å². The highest BCUT2D eigenvalue weighted by Crippen LogP contribution is 2.28. The zero-order valence-corrected chi connectivity index (χ0v) is 16.8. The van der Waals surface area contributed by atoms with Crippen LogP contribution in [0.3, 0.4) is 0 Å². The van der Waals surface area contributed by atoms with E-state index in [0.717, 1.165) is 19.4 Å². The molecular formula is C23H23N3O2S. The first kappa shape index (κ1) is 19.4. The molecule has 2 aromatic carbocycles. The van der Waals surface area contributed by atoms with E-state index in [1.807, 2.05) is 36.4 Å². The van der Waals surface area contributed by atoms with Gasteiger partial charge in [0.05, 0.1) is 17.8 Å². The minimum Gasteiger partial charge on any atom is -0.324 e. The molecule has 1 saturated carbocycles. The van der Waals surface area contributed by atoms with Crippen molar-refractivity contribution in [1.29, 1.82) is 0 Å². The number of amides is 2. The summed E-state index contributed by atoms with van der Waals surface area (Å²) >= 11 is 1.67. The predicted octanol–water partition coefficient (Wildman–Crippen LogP) is 4.60. The Labute approximate surface area is 174 Å². The number of nitrogens with zero attached hydrogens (tertiary/aromatic N) is 1. The minimum absolute atomic E-state index is 0.105. The van der Waals surface area contributed by atoms with E-state index in [0.29, 0.717) is 29.5 Å². The third kappa shape index (κ3) is 5.31. The van der Waals surface area contributed by atoms with Gasteiger partial charge in [-0.3, -0.25) is 14.5 Å². The van der Waals surface area contributed by atoms with Gasteiger partial charge in [0.2, 0.25) is 5.91 Å². The monoisotopic (exact) mass is 405 g/mol. The van der Waals surface area contributed by atoms with Crippen molar-refractivity contribution in [2.24, 2.45) is 0 Å². The highest BCUT2D eigenvalue weighted by molar-refractivity contribution is 7.07. The lowest BCUT2D eigenvalue weighted by Crippen LogP contribution is -2.34. The van der Waals surface area contributed by atoms with Crippen molar-refractivity contribution in [3.05, 3.63) is 82.6 Å². The fraction of sp³-hybridized carbons (Fsp3) is 0.217. The van der Waals surface area contributed by atoms with Gasteiger partial charge < -0.3 is 10.6 Å². The number of rotatable bonds is 8. The Bertz CT molecular complexity index is 969. The van der Waals surface area contributed by atoms with E-state index in [1.165, 1.54) is 5.56 Å². The molecule has 6 heteroatoms. The van der Waals surface area contributed by atoms with Crippen LogP contribution in [0, 0.1) is 0 Å². The van der Waals surface area contributed by atoms with Gasteiger partial charge in [-0.1, -0.05) is 30.3 Å². The van der Waals surface area contributed by atoms with Crippen molar-refractivity contribution in [3.63, 3.8) is 0 Å². The Morgan fingerprint density at radius 2 is 1.72 bits per heavy atom. The molecule has 0 bridgehead atoms. The largest absolute Gasteiger partial charge is 0.324 e. The maximum absolute atomic E-state index is 12.7. The van der Waals surface area contributed by atoms with E-state index in [4.69, 9.17) is 0 Å². The van der Waals surface area contributed by atoms with Gasteiger partial charge in [-0.2, -0.15) is 11.3 Å². The van der Waals surface area contributed by atoms with Crippen molar-refractivity contribution in [1.82, 2.24) is 4.90 Å². The maximum Gasteiger partial charge on any atom is 0.257 e. The normalized spacial score (nSPS) is 13.3. The summed E-state index contributed by atoms with van der Waals surface area (Å²) in [6, 6.07) is 18.9. The molecule has 1 heterocycles. The van der Waals surface area contributed by atoms with Crippen LogP contribution in [-0.2, 0) is 11.3 Å². The van der Waals surface area contributed by atoms with Crippen LogP contribution in [0.15, 0.2) is 71.4 Å². The van der Waals surface area contributed by atoms with E-state index in [2.05, 4.69) is 32.4 Å². The smallest absolute Gasteiger partial charge is 0.257 e. The molecule has 5 nitrogen and oxygen atoms in total. The molecule has 1 aliphatic carbocycles. The van der Waals surface area contributed by atoms with Crippen LogP contribution < -0.4 is 10.6 Å². The van der Waals surface area contributed by atoms with Gasteiger partial charge in [0.1, 0.15) is 0 Å². The molecule has 4 rings (SSSR count). The summed E-state index contributed by atoms with van der Waals surface area (Å²) in [4.78, 5) is 27.6. The zero-order valence-electron chi connectivity index (χ0n) is 16.0. The fourth-order valence-corrected chi connectivity index (χ4v) is 3.91. The summed E-state index contributed by atoms with van der Waals surface area (Å²) < 4.78 is 0. The number of carbonyl (C=O) groups is 2.